The Labute approximate surface area is 261 Å². The summed E-state index contributed by atoms with van der Waals surface area (Å²) < 4.78 is 54.6. The Morgan fingerprint density at radius 2 is 1.42 bits per heavy atom. The third kappa shape index (κ3) is 23.2. The predicted octanol–water partition coefficient (Wildman–Crippen LogP) is 5.95. The Kier molecular flexibility index (Phi) is 17.7. The maximum Gasteiger partial charge on any atom is 0.229 e. The summed E-state index contributed by atoms with van der Waals surface area (Å²) in [6, 6.07) is 1.84. The molecule has 0 atom stereocenters. The standard InChI is InChI=1S/C8H12N2.C8H16O2S.C8H16O.C7H12N2O3S/c1-7(2)6-8-9-4-3-5-10-8;1-7(2)5-11(9,10)6-8-3-4-8;1-7(2)5-9-6-8-3-4-8;1-5(2)7-8-6(9-12-7)4-13(3,10)11/h3-5,7H,6H2,1-2H3;7-8H,3-6H2,1-2H3;7-8H,3-6H2,1-2H3;5H,4H2,1-3H3. The second-order valence-electron chi connectivity index (χ2n) is 13.3. The van der Waals surface area contributed by atoms with Crippen molar-refractivity contribution in [2.24, 2.45) is 29.6 Å². The van der Waals surface area contributed by atoms with E-state index >= 15 is 0 Å². The van der Waals surface area contributed by atoms with Gasteiger partial charge in [0.2, 0.25) is 5.89 Å². The Bertz CT molecular complexity index is 1210. The van der Waals surface area contributed by atoms with Crippen LogP contribution < -0.4 is 0 Å². The lowest BCUT2D eigenvalue weighted by atomic mass is 10.1. The number of nitrogens with zero attached hydrogens (tertiary/aromatic N) is 4. The summed E-state index contributed by atoms with van der Waals surface area (Å²) in [4.78, 5) is 12.2. The molecule has 12 heteroatoms. The topological polar surface area (TPSA) is 142 Å². The van der Waals surface area contributed by atoms with Gasteiger partial charge in [-0.25, -0.2) is 26.8 Å². The largest absolute Gasteiger partial charge is 0.381 e. The van der Waals surface area contributed by atoms with E-state index in [0.717, 1.165) is 50.5 Å². The molecule has 10 nitrogen and oxygen atoms in total. The minimum atomic E-state index is -3.07. The van der Waals surface area contributed by atoms with Gasteiger partial charge in [0.25, 0.3) is 0 Å². The van der Waals surface area contributed by atoms with Crippen LogP contribution in [-0.4, -0.2) is 67.9 Å². The Balaban J connectivity index is 0.000000289. The average Bonchev–Trinajstić information content (AvgIpc) is 3.79. The second-order valence-corrected chi connectivity index (χ2v) is 17.6. The molecule has 0 amide bonds. The van der Waals surface area contributed by atoms with Crippen LogP contribution in [-0.2, 0) is 36.6 Å². The van der Waals surface area contributed by atoms with Crippen LogP contribution >= 0.6 is 0 Å². The van der Waals surface area contributed by atoms with Gasteiger partial charge in [-0.15, -0.1) is 0 Å². The van der Waals surface area contributed by atoms with Gasteiger partial charge in [0.15, 0.2) is 25.5 Å². The summed E-state index contributed by atoms with van der Waals surface area (Å²) >= 11 is 0. The molecule has 2 aliphatic rings. The van der Waals surface area contributed by atoms with Crippen LogP contribution in [0.5, 0.6) is 0 Å². The van der Waals surface area contributed by atoms with E-state index < -0.39 is 19.7 Å². The summed E-state index contributed by atoms with van der Waals surface area (Å²) in [6.07, 6.45) is 10.7. The van der Waals surface area contributed by atoms with Crippen LogP contribution in [0.2, 0.25) is 0 Å². The number of hydrogen-bond donors (Lipinski definition) is 0. The number of hydrogen-bond acceptors (Lipinski definition) is 10. The number of rotatable bonds is 13. The van der Waals surface area contributed by atoms with E-state index in [1.54, 1.807) is 12.4 Å². The van der Waals surface area contributed by atoms with Crippen LogP contribution in [0.25, 0.3) is 0 Å². The molecule has 2 fully saturated rings. The molecule has 0 saturated heterocycles. The van der Waals surface area contributed by atoms with E-state index in [9.17, 15) is 16.8 Å². The number of sulfone groups is 2. The van der Waals surface area contributed by atoms with Crippen molar-refractivity contribution in [2.45, 2.75) is 99.2 Å². The van der Waals surface area contributed by atoms with Gasteiger partial charge in [0.1, 0.15) is 11.6 Å². The predicted molar refractivity (Wildman–Crippen MR) is 172 cm³/mol. The molecule has 2 aliphatic carbocycles. The minimum absolute atomic E-state index is 0.126. The fraction of sp³-hybridized carbons (Fsp3) is 0.806. The van der Waals surface area contributed by atoms with Crippen LogP contribution in [0.4, 0.5) is 0 Å². The zero-order valence-electron chi connectivity index (χ0n) is 27.8. The summed E-state index contributed by atoms with van der Waals surface area (Å²) in [5, 5.41) is 3.56. The van der Waals surface area contributed by atoms with Gasteiger partial charge < -0.3 is 9.26 Å². The van der Waals surface area contributed by atoms with Gasteiger partial charge in [-0.2, -0.15) is 4.98 Å². The highest BCUT2D eigenvalue weighted by Gasteiger charge is 2.28. The van der Waals surface area contributed by atoms with Crippen molar-refractivity contribution >= 4 is 19.7 Å². The third-order valence-electron chi connectivity index (χ3n) is 5.85. The molecular formula is C31H56N4O6S2. The van der Waals surface area contributed by atoms with Gasteiger partial charge in [-0.1, -0.05) is 60.5 Å². The van der Waals surface area contributed by atoms with E-state index in [4.69, 9.17) is 9.26 Å². The zero-order valence-corrected chi connectivity index (χ0v) is 29.5. The zero-order chi connectivity index (χ0) is 32.6. The van der Waals surface area contributed by atoms with E-state index in [0.29, 0.717) is 35.2 Å². The van der Waals surface area contributed by atoms with Crippen LogP contribution in [0, 0.1) is 29.6 Å². The first-order chi connectivity index (χ1) is 20.0. The first-order valence-electron chi connectivity index (χ1n) is 15.5. The lowest BCUT2D eigenvalue weighted by Gasteiger charge is -2.04. The van der Waals surface area contributed by atoms with Crippen LogP contribution in [0.3, 0.4) is 0 Å². The molecule has 0 unspecified atom stereocenters. The molecule has 2 aromatic heterocycles. The fourth-order valence-electron chi connectivity index (χ4n) is 3.57. The molecule has 4 rings (SSSR count). The number of ether oxygens (including phenoxy) is 1. The van der Waals surface area contributed by atoms with Gasteiger partial charge in [-0.05, 0) is 61.3 Å². The molecule has 2 heterocycles. The van der Waals surface area contributed by atoms with Crippen molar-refractivity contribution in [1.29, 1.82) is 0 Å². The molecule has 248 valence electrons. The van der Waals surface area contributed by atoms with Crippen LogP contribution in [0.15, 0.2) is 23.0 Å². The van der Waals surface area contributed by atoms with Crippen LogP contribution in [0.1, 0.15) is 105 Å². The van der Waals surface area contributed by atoms with Gasteiger partial charge in [0.05, 0.1) is 11.5 Å². The lowest BCUT2D eigenvalue weighted by molar-refractivity contribution is 0.101. The third-order valence-corrected chi connectivity index (χ3v) is 8.79. The number of aromatic nitrogens is 4. The van der Waals surface area contributed by atoms with Crippen molar-refractivity contribution < 1.29 is 26.1 Å². The molecule has 43 heavy (non-hydrogen) atoms. The fourth-order valence-corrected chi connectivity index (χ4v) is 6.36. The molecule has 0 bridgehead atoms. The van der Waals surface area contributed by atoms with Crippen molar-refractivity contribution in [3.63, 3.8) is 0 Å². The quantitative estimate of drug-likeness (QED) is 0.257. The van der Waals surface area contributed by atoms with E-state index in [2.05, 4.69) is 47.8 Å². The molecular weight excluding hydrogens is 588 g/mol. The molecule has 0 radical (unpaired) electrons. The molecule has 0 aliphatic heterocycles. The second kappa shape index (κ2) is 19.5. The smallest absolute Gasteiger partial charge is 0.229 e. The SMILES string of the molecule is CC(C)COCC1CC1.CC(C)CS(=O)(=O)CC1CC1.CC(C)Cc1ncccn1.CC(C)c1nc(CS(C)(=O)=O)no1. The van der Waals surface area contributed by atoms with Gasteiger partial charge in [-0.3, -0.25) is 0 Å². The Morgan fingerprint density at radius 1 is 0.837 bits per heavy atom. The summed E-state index contributed by atoms with van der Waals surface area (Å²) in [7, 11) is -5.79. The summed E-state index contributed by atoms with van der Waals surface area (Å²) in [5.41, 5.74) is 0. The molecule has 2 saturated carbocycles. The normalized spacial score (nSPS) is 15.0. The van der Waals surface area contributed by atoms with E-state index in [1.165, 1.54) is 12.8 Å². The Morgan fingerprint density at radius 3 is 1.84 bits per heavy atom. The van der Waals surface area contributed by atoms with E-state index in [1.807, 2.05) is 33.8 Å². The highest BCUT2D eigenvalue weighted by molar-refractivity contribution is 7.91. The first kappa shape index (κ1) is 39.1. The summed E-state index contributed by atoms with van der Waals surface area (Å²) in [6.45, 7) is 18.4. The summed E-state index contributed by atoms with van der Waals surface area (Å²) in [5.74, 6) is 5.44. The molecule has 2 aromatic rings. The Hall–Kier alpha value is -1.92. The molecule has 0 N–H and O–H groups in total. The van der Waals surface area contributed by atoms with Gasteiger partial charge in [0, 0.05) is 44.2 Å². The van der Waals surface area contributed by atoms with Crippen molar-refractivity contribution in [2.75, 3.05) is 31.0 Å². The minimum Gasteiger partial charge on any atom is -0.381 e. The van der Waals surface area contributed by atoms with E-state index in [-0.39, 0.29) is 23.4 Å². The average molecular weight is 645 g/mol. The van der Waals surface area contributed by atoms with Crippen molar-refractivity contribution in [3.8, 4) is 0 Å². The molecule has 0 spiro atoms. The first-order valence-corrected chi connectivity index (χ1v) is 19.4. The van der Waals surface area contributed by atoms with Crippen molar-refractivity contribution in [1.82, 2.24) is 20.1 Å². The highest BCUT2D eigenvalue weighted by Crippen LogP contribution is 2.30. The highest BCUT2D eigenvalue weighted by atomic mass is 32.2. The monoisotopic (exact) mass is 644 g/mol. The van der Waals surface area contributed by atoms with Gasteiger partial charge >= 0.3 is 0 Å². The lowest BCUT2D eigenvalue weighted by Crippen LogP contribution is -2.16. The van der Waals surface area contributed by atoms with Crippen molar-refractivity contribution in [3.05, 3.63) is 36.0 Å². The maximum absolute atomic E-state index is 11.3. The maximum atomic E-state index is 11.3. The molecule has 0 aromatic carbocycles.